The van der Waals surface area contributed by atoms with Crippen LogP contribution < -0.4 is 33.2 Å². The van der Waals surface area contributed by atoms with Crippen molar-refractivity contribution in [2.75, 3.05) is 0 Å². The highest BCUT2D eigenvalue weighted by atomic mass is 16.4. The van der Waals surface area contributed by atoms with Crippen LogP contribution in [-0.4, -0.2) is 87.1 Å². The number of carboxylic acid groups (broad SMARTS) is 2. The number of rotatable bonds is 16. The zero-order chi connectivity index (χ0) is 26.6. The second-order valence-corrected chi connectivity index (χ2v) is 7.40. The van der Waals surface area contributed by atoms with Gasteiger partial charge in [0.1, 0.15) is 18.1 Å². The van der Waals surface area contributed by atoms with Gasteiger partial charge < -0.3 is 48.5 Å². The van der Waals surface area contributed by atoms with Crippen LogP contribution in [0.3, 0.4) is 0 Å². The molecule has 0 aliphatic heterocycles. The van der Waals surface area contributed by atoms with E-state index in [0.717, 1.165) is 6.92 Å². The first kappa shape index (κ1) is 30.2. The Labute approximate surface area is 193 Å². The van der Waals surface area contributed by atoms with Crippen LogP contribution in [0.4, 0.5) is 0 Å². The van der Waals surface area contributed by atoms with E-state index in [0.29, 0.717) is 0 Å². The van der Waals surface area contributed by atoms with Crippen LogP contribution in [0.2, 0.25) is 0 Å². The van der Waals surface area contributed by atoms with E-state index in [9.17, 15) is 38.7 Å². The van der Waals surface area contributed by atoms with E-state index in [1.54, 1.807) is 0 Å². The van der Waals surface area contributed by atoms with Crippen LogP contribution >= 0.6 is 0 Å². The Kier molecular flexibility index (Phi) is 12.8. The van der Waals surface area contributed by atoms with Gasteiger partial charge in [-0.3, -0.25) is 28.8 Å². The van der Waals surface area contributed by atoms with Crippen molar-refractivity contribution in [1.82, 2.24) is 16.0 Å². The van der Waals surface area contributed by atoms with Gasteiger partial charge in [0.15, 0.2) is 0 Å². The summed E-state index contributed by atoms with van der Waals surface area (Å²) in [6.07, 6.45) is -3.84. The predicted molar refractivity (Wildman–Crippen MR) is 112 cm³/mol. The molecular weight excluding hydrogens is 460 g/mol. The van der Waals surface area contributed by atoms with Crippen LogP contribution in [0.5, 0.6) is 0 Å². The molecule has 0 saturated heterocycles. The molecule has 0 bridgehead atoms. The molecule has 0 heterocycles. The molecule has 0 rings (SSSR count). The minimum absolute atomic E-state index is 0.333. The number of hydrogen-bond donors (Lipinski definition) is 9. The molecule has 5 amide bonds. The Hall–Kier alpha value is -3.79. The highest BCUT2D eigenvalue weighted by Gasteiger charge is 2.33. The highest BCUT2D eigenvalue weighted by Crippen LogP contribution is 2.04. The van der Waals surface area contributed by atoms with Crippen molar-refractivity contribution in [3.8, 4) is 0 Å². The van der Waals surface area contributed by atoms with Gasteiger partial charge in [0.2, 0.25) is 29.5 Å². The van der Waals surface area contributed by atoms with Crippen LogP contribution in [0.25, 0.3) is 0 Å². The summed E-state index contributed by atoms with van der Waals surface area (Å²) in [5.74, 6) is -7.72. The SMILES string of the molecule is CC(O)C(NC(=O)C(CCC(N)=O)NC(=O)C(N)CC(N)=O)C(=O)NC(CCC(=O)O)C(=O)O. The van der Waals surface area contributed by atoms with Crippen molar-refractivity contribution in [3.05, 3.63) is 0 Å². The number of carbonyl (C=O) groups excluding carboxylic acids is 5. The monoisotopic (exact) mass is 490 g/mol. The van der Waals surface area contributed by atoms with Crippen molar-refractivity contribution in [3.63, 3.8) is 0 Å². The van der Waals surface area contributed by atoms with Gasteiger partial charge in [0, 0.05) is 12.8 Å². The lowest BCUT2D eigenvalue weighted by molar-refractivity contribution is -0.144. The molecule has 0 fully saturated rings. The normalized spacial score (nSPS) is 15.0. The molecule has 16 nitrogen and oxygen atoms in total. The summed E-state index contributed by atoms with van der Waals surface area (Å²) in [5.41, 5.74) is 15.5. The van der Waals surface area contributed by atoms with Crippen LogP contribution in [0.15, 0.2) is 0 Å². The van der Waals surface area contributed by atoms with Crippen molar-refractivity contribution in [2.24, 2.45) is 17.2 Å². The van der Waals surface area contributed by atoms with E-state index in [-0.39, 0.29) is 12.8 Å². The average Bonchev–Trinajstić information content (AvgIpc) is 2.70. The number of carbonyl (C=O) groups is 7. The van der Waals surface area contributed by atoms with E-state index >= 15 is 0 Å². The molecule has 16 heteroatoms. The van der Waals surface area contributed by atoms with Crippen LogP contribution in [-0.2, 0) is 33.6 Å². The molecule has 12 N–H and O–H groups in total. The van der Waals surface area contributed by atoms with Gasteiger partial charge in [0.05, 0.1) is 18.6 Å². The maximum atomic E-state index is 12.7. The van der Waals surface area contributed by atoms with Crippen LogP contribution in [0.1, 0.15) is 39.0 Å². The third-order valence-electron chi connectivity index (χ3n) is 4.39. The largest absolute Gasteiger partial charge is 0.481 e. The van der Waals surface area contributed by atoms with Gasteiger partial charge in [-0.15, -0.1) is 0 Å². The van der Waals surface area contributed by atoms with Gasteiger partial charge in [-0.05, 0) is 19.8 Å². The summed E-state index contributed by atoms with van der Waals surface area (Å²) < 4.78 is 0. The summed E-state index contributed by atoms with van der Waals surface area (Å²) in [5, 5.41) is 34.1. The number of nitrogens with one attached hydrogen (secondary N) is 3. The zero-order valence-corrected chi connectivity index (χ0v) is 18.4. The molecule has 0 radical (unpaired) electrons. The number of amides is 5. The maximum Gasteiger partial charge on any atom is 0.326 e. The second kappa shape index (κ2) is 14.4. The van der Waals surface area contributed by atoms with E-state index in [4.69, 9.17) is 27.4 Å². The molecule has 0 aromatic carbocycles. The molecule has 0 aromatic heterocycles. The third-order valence-corrected chi connectivity index (χ3v) is 4.39. The number of carboxylic acids is 2. The zero-order valence-electron chi connectivity index (χ0n) is 18.4. The molecule has 5 unspecified atom stereocenters. The minimum Gasteiger partial charge on any atom is -0.481 e. The molecule has 0 aliphatic carbocycles. The summed E-state index contributed by atoms with van der Waals surface area (Å²) in [6, 6.07) is -6.23. The lowest BCUT2D eigenvalue weighted by Gasteiger charge is -2.26. The Morgan fingerprint density at radius 3 is 1.74 bits per heavy atom. The fraction of sp³-hybridized carbons (Fsp3) is 0.611. The quantitative estimate of drug-likeness (QED) is 0.0988. The Morgan fingerprint density at radius 1 is 0.765 bits per heavy atom. The number of aliphatic hydroxyl groups is 1. The summed E-state index contributed by atoms with van der Waals surface area (Å²) in [6.45, 7) is 1.11. The van der Waals surface area contributed by atoms with E-state index in [1.807, 2.05) is 5.32 Å². The molecule has 34 heavy (non-hydrogen) atoms. The van der Waals surface area contributed by atoms with E-state index in [1.165, 1.54) is 0 Å². The number of aliphatic carboxylic acids is 2. The van der Waals surface area contributed by atoms with Crippen molar-refractivity contribution in [2.45, 2.75) is 69.3 Å². The molecule has 5 atom stereocenters. The molecule has 0 saturated carbocycles. The number of aliphatic hydroxyl groups excluding tert-OH is 1. The van der Waals surface area contributed by atoms with Gasteiger partial charge in [-0.2, -0.15) is 0 Å². The number of hydrogen-bond acceptors (Lipinski definition) is 9. The molecule has 0 aliphatic rings. The maximum absolute atomic E-state index is 12.7. The first-order valence-corrected chi connectivity index (χ1v) is 10.0. The van der Waals surface area contributed by atoms with Gasteiger partial charge in [-0.1, -0.05) is 0 Å². The minimum atomic E-state index is -1.72. The molecule has 0 spiro atoms. The Balaban J connectivity index is 5.50. The Morgan fingerprint density at radius 2 is 1.29 bits per heavy atom. The first-order valence-electron chi connectivity index (χ1n) is 10.0. The lowest BCUT2D eigenvalue weighted by Crippen LogP contribution is -2.60. The third kappa shape index (κ3) is 11.7. The van der Waals surface area contributed by atoms with Gasteiger partial charge in [-0.25, -0.2) is 4.79 Å². The fourth-order valence-electron chi connectivity index (χ4n) is 2.59. The number of nitrogens with two attached hydrogens (primary N) is 3. The van der Waals surface area contributed by atoms with Crippen molar-refractivity contribution < 1.29 is 48.9 Å². The van der Waals surface area contributed by atoms with E-state index in [2.05, 4.69) is 10.6 Å². The summed E-state index contributed by atoms with van der Waals surface area (Å²) in [7, 11) is 0. The molecule has 0 aromatic rings. The molecular formula is C18H30N6O10. The van der Waals surface area contributed by atoms with Crippen molar-refractivity contribution >= 4 is 41.5 Å². The summed E-state index contributed by atoms with van der Waals surface area (Å²) in [4.78, 5) is 81.4. The van der Waals surface area contributed by atoms with Gasteiger partial charge >= 0.3 is 11.9 Å². The highest BCUT2D eigenvalue weighted by molar-refractivity contribution is 5.95. The molecule has 192 valence electrons. The second-order valence-electron chi connectivity index (χ2n) is 7.40. The van der Waals surface area contributed by atoms with Crippen LogP contribution in [0, 0.1) is 0 Å². The van der Waals surface area contributed by atoms with Gasteiger partial charge in [0.25, 0.3) is 0 Å². The standard InChI is InChI=1S/C18H30N6O10/c1-7(25)14(17(32)23-10(18(33)34)3-5-13(28)29)24-16(31)9(2-4-11(20)26)22-15(30)8(19)6-12(21)27/h7-10,14,25H,2-6,19H2,1H3,(H2,20,26)(H2,21,27)(H,22,30)(H,23,32)(H,24,31)(H,28,29)(H,33,34). The summed E-state index contributed by atoms with van der Waals surface area (Å²) >= 11 is 0. The number of primary amides is 2. The van der Waals surface area contributed by atoms with E-state index < -0.39 is 91.0 Å². The average molecular weight is 490 g/mol. The first-order chi connectivity index (χ1) is 15.6. The predicted octanol–water partition coefficient (Wildman–Crippen LogP) is -4.76. The van der Waals surface area contributed by atoms with Crippen molar-refractivity contribution in [1.29, 1.82) is 0 Å². The Bertz CT molecular complexity index is 802. The lowest BCUT2D eigenvalue weighted by atomic mass is 10.1. The fourth-order valence-corrected chi connectivity index (χ4v) is 2.59. The smallest absolute Gasteiger partial charge is 0.326 e. The topological polar surface area (TPSA) is 294 Å².